The third-order valence-corrected chi connectivity index (χ3v) is 3.15. The van der Waals surface area contributed by atoms with Gasteiger partial charge in [-0.1, -0.05) is 54.6 Å². The van der Waals surface area contributed by atoms with Crippen molar-refractivity contribution in [1.29, 1.82) is 0 Å². The quantitative estimate of drug-likeness (QED) is 0.723. The van der Waals surface area contributed by atoms with Crippen LogP contribution in [0.15, 0.2) is 66.7 Å². The van der Waals surface area contributed by atoms with Crippen LogP contribution < -0.4 is 10.5 Å². The Morgan fingerprint density at radius 2 is 1.40 bits per heavy atom. The third kappa shape index (κ3) is 2.86. The standard InChI is InChI=1S/C17H15NO.ClH/c18-16-10-11-17(15-9-5-4-8-14(15)16)19-12-13-6-2-1-3-7-13;/h1-11H,12,18H2;1H. The molecule has 0 radical (unpaired) electrons. The average Bonchev–Trinajstić information content (AvgIpc) is 2.48. The van der Waals surface area contributed by atoms with Crippen LogP contribution in [-0.4, -0.2) is 0 Å². The monoisotopic (exact) mass is 285 g/mol. The number of halogens is 1. The van der Waals surface area contributed by atoms with Crippen molar-refractivity contribution in [3.8, 4) is 5.75 Å². The molecule has 3 heteroatoms. The van der Waals surface area contributed by atoms with Crippen LogP contribution >= 0.6 is 12.4 Å². The van der Waals surface area contributed by atoms with Crippen LogP contribution in [0.3, 0.4) is 0 Å². The molecule has 102 valence electrons. The summed E-state index contributed by atoms with van der Waals surface area (Å²) in [5.74, 6) is 0.869. The van der Waals surface area contributed by atoms with Crippen molar-refractivity contribution in [2.45, 2.75) is 6.61 Å². The summed E-state index contributed by atoms with van der Waals surface area (Å²) in [6, 6.07) is 22.0. The van der Waals surface area contributed by atoms with Gasteiger partial charge in [0.25, 0.3) is 0 Å². The van der Waals surface area contributed by atoms with Crippen molar-refractivity contribution in [3.63, 3.8) is 0 Å². The second-order valence-electron chi connectivity index (χ2n) is 4.47. The smallest absolute Gasteiger partial charge is 0.127 e. The molecular weight excluding hydrogens is 270 g/mol. The first-order chi connectivity index (χ1) is 9.34. The van der Waals surface area contributed by atoms with Gasteiger partial charge >= 0.3 is 0 Å². The number of benzene rings is 3. The Hall–Kier alpha value is -2.19. The van der Waals surface area contributed by atoms with E-state index in [0.29, 0.717) is 6.61 Å². The highest BCUT2D eigenvalue weighted by Crippen LogP contribution is 2.30. The molecule has 0 fully saturated rings. The van der Waals surface area contributed by atoms with Gasteiger partial charge < -0.3 is 10.5 Å². The zero-order valence-electron chi connectivity index (χ0n) is 11.0. The molecule has 3 aromatic carbocycles. The van der Waals surface area contributed by atoms with Crippen LogP contribution in [0.4, 0.5) is 5.69 Å². The lowest BCUT2D eigenvalue weighted by molar-refractivity contribution is 0.310. The minimum Gasteiger partial charge on any atom is -0.488 e. The molecule has 3 aromatic rings. The van der Waals surface area contributed by atoms with Gasteiger partial charge in [-0.15, -0.1) is 12.4 Å². The third-order valence-electron chi connectivity index (χ3n) is 3.15. The molecule has 0 saturated carbocycles. The molecule has 0 aliphatic rings. The summed E-state index contributed by atoms with van der Waals surface area (Å²) in [5, 5.41) is 2.09. The van der Waals surface area contributed by atoms with E-state index in [9.17, 15) is 0 Å². The summed E-state index contributed by atoms with van der Waals surface area (Å²) < 4.78 is 5.90. The minimum atomic E-state index is 0. The maximum Gasteiger partial charge on any atom is 0.127 e. The van der Waals surface area contributed by atoms with E-state index in [0.717, 1.165) is 27.8 Å². The van der Waals surface area contributed by atoms with E-state index < -0.39 is 0 Å². The van der Waals surface area contributed by atoms with Crippen molar-refractivity contribution < 1.29 is 4.74 Å². The number of ether oxygens (including phenoxy) is 1. The van der Waals surface area contributed by atoms with E-state index >= 15 is 0 Å². The number of rotatable bonds is 3. The van der Waals surface area contributed by atoms with E-state index in [-0.39, 0.29) is 12.4 Å². The summed E-state index contributed by atoms with van der Waals surface area (Å²) in [5.41, 5.74) is 7.91. The Morgan fingerprint density at radius 3 is 2.15 bits per heavy atom. The molecular formula is C17H16ClNO. The zero-order valence-corrected chi connectivity index (χ0v) is 11.8. The van der Waals surface area contributed by atoms with Crippen LogP contribution in [0.2, 0.25) is 0 Å². The molecule has 0 heterocycles. The topological polar surface area (TPSA) is 35.2 Å². The number of hydrogen-bond acceptors (Lipinski definition) is 2. The van der Waals surface area contributed by atoms with Crippen molar-refractivity contribution in [2.24, 2.45) is 0 Å². The van der Waals surface area contributed by atoms with Crippen LogP contribution in [-0.2, 0) is 6.61 Å². The Morgan fingerprint density at radius 1 is 0.750 bits per heavy atom. The van der Waals surface area contributed by atoms with Gasteiger partial charge in [0.05, 0.1) is 0 Å². The maximum absolute atomic E-state index is 5.98. The average molecular weight is 286 g/mol. The molecule has 2 nitrogen and oxygen atoms in total. The van der Waals surface area contributed by atoms with E-state index in [1.54, 1.807) is 0 Å². The summed E-state index contributed by atoms with van der Waals surface area (Å²) in [6.45, 7) is 0.564. The second-order valence-corrected chi connectivity index (χ2v) is 4.47. The van der Waals surface area contributed by atoms with E-state index in [1.165, 1.54) is 0 Å². The molecule has 2 N–H and O–H groups in total. The van der Waals surface area contributed by atoms with Gasteiger partial charge in [0, 0.05) is 16.5 Å². The molecule has 0 spiro atoms. The van der Waals surface area contributed by atoms with Crippen LogP contribution in [0.5, 0.6) is 5.75 Å². The Labute approximate surface area is 124 Å². The molecule has 0 aromatic heterocycles. The number of anilines is 1. The van der Waals surface area contributed by atoms with Crippen molar-refractivity contribution >= 4 is 28.9 Å². The highest BCUT2D eigenvalue weighted by Gasteiger charge is 2.04. The number of nitrogen functional groups attached to an aromatic ring is 1. The number of fused-ring (bicyclic) bond motifs is 1. The Kier molecular flexibility index (Phi) is 4.49. The fraction of sp³-hybridized carbons (Fsp3) is 0.0588. The molecule has 0 saturated heterocycles. The largest absolute Gasteiger partial charge is 0.488 e. The van der Waals surface area contributed by atoms with E-state index in [2.05, 4.69) is 12.1 Å². The van der Waals surface area contributed by atoms with Gasteiger partial charge in [-0.2, -0.15) is 0 Å². The first-order valence-electron chi connectivity index (χ1n) is 6.28. The Bertz CT molecular complexity index is 698. The fourth-order valence-corrected chi connectivity index (χ4v) is 2.16. The van der Waals surface area contributed by atoms with Crippen molar-refractivity contribution in [3.05, 3.63) is 72.3 Å². The molecule has 0 atom stereocenters. The van der Waals surface area contributed by atoms with Gasteiger partial charge in [0.1, 0.15) is 12.4 Å². The number of hydrogen-bond donors (Lipinski definition) is 1. The molecule has 3 rings (SSSR count). The lowest BCUT2D eigenvalue weighted by Gasteiger charge is -2.10. The Balaban J connectivity index is 0.00000147. The van der Waals surface area contributed by atoms with Gasteiger partial charge in [0.15, 0.2) is 0 Å². The van der Waals surface area contributed by atoms with E-state index in [4.69, 9.17) is 10.5 Å². The van der Waals surface area contributed by atoms with E-state index in [1.807, 2.05) is 54.6 Å². The first-order valence-corrected chi connectivity index (χ1v) is 6.28. The fourth-order valence-electron chi connectivity index (χ4n) is 2.16. The summed E-state index contributed by atoms with van der Waals surface area (Å²) in [7, 11) is 0. The normalized spacial score (nSPS) is 10.0. The predicted octanol–water partition coefficient (Wildman–Crippen LogP) is 4.42. The van der Waals surface area contributed by atoms with Gasteiger partial charge in [-0.25, -0.2) is 0 Å². The van der Waals surface area contributed by atoms with Crippen LogP contribution in [0.25, 0.3) is 10.8 Å². The highest BCUT2D eigenvalue weighted by molar-refractivity contribution is 5.96. The van der Waals surface area contributed by atoms with Crippen LogP contribution in [0.1, 0.15) is 5.56 Å². The van der Waals surface area contributed by atoms with Crippen molar-refractivity contribution in [2.75, 3.05) is 5.73 Å². The minimum absolute atomic E-state index is 0. The summed E-state index contributed by atoms with van der Waals surface area (Å²) in [4.78, 5) is 0. The first kappa shape index (κ1) is 14.2. The van der Waals surface area contributed by atoms with Crippen molar-refractivity contribution in [1.82, 2.24) is 0 Å². The van der Waals surface area contributed by atoms with Gasteiger partial charge in [-0.3, -0.25) is 0 Å². The molecule has 0 aliphatic carbocycles. The predicted molar refractivity (Wildman–Crippen MR) is 86.4 cm³/mol. The number of nitrogens with two attached hydrogens (primary N) is 1. The summed E-state index contributed by atoms with van der Waals surface area (Å²) >= 11 is 0. The lowest BCUT2D eigenvalue weighted by atomic mass is 10.1. The maximum atomic E-state index is 5.98. The molecule has 20 heavy (non-hydrogen) atoms. The molecule has 0 amide bonds. The SMILES string of the molecule is Cl.Nc1ccc(OCc2ccccc2)c2ccccc12. The second kappa shape index (κ2) is 6.31. The molecule has 0 bridgehead atoms. The van der Waals surface area contributed by atoms with Gasteiger partial charge in [0.2, 0.25) is 0 Å². The van der Waals surface area contributed by atoms with Gasteiger partial charge in [-0.05, 0) is 17.7 Å². The van der Waals surface area contributed by atoms with Crippen LogP contribution in [0, 0.1) is 0 Å². The molecule has 0 unspecified atom stereocenters. The molecule has 0 aliphatic heterocycles. The zero-order chi connectivity index (χ0) is 13.1. The lowest BCUT2D eigenvalue weighted by Crippen LogP contribution is -1.96. The highest BCUT2D eigenvalue weighted by atomic mass is 35.5. The summed E-state index contributed by atoms with van der Waals surface area (Å²) in [6.07, 6.45) is 0.